The smallest absolute Gasteiger partial charge is 0.332 e. The van der Waals surface area contributed by atoms with E-state index in [0.29, 0.717) is 29.9 Å². The second kappa shape index (κ2) is 9.13. The summed E-state index contributed by atoms with van der Waals surface area (Å²) in [4.78, 5) is 38.0. The first-order valence-electron chi connectivity index (χ1n) is 9.98. The van der Waals surface area contributed by atoms with Gasteiger partial charge in [-0.15, -0.1) is 0 Å². The molecule has 0 saturated heterocycles. The highest BCUT2D eigenvalue weighted by Gasteiger charge is 2.22. The number of aryl methyl sites for hydroxylation is 2. The van der Waals surface area contributed by atoms with Crippen molar-refractivity contribution in [2.24, 2.45) is 14.1 Å². The van der Waals surface area contributed by atoms with Crippen molar-refractivity contribution in [3.63, 3.8) is 0 Å². The molecule has 0 radical (unpaired) electrons. The molecule has 2 aromatic heterocycles. The lowest BCUT2D eigenvalue weighted by atomic mass is 10.1. The molecule has 3 aromatic rings. The second-order valence-corrected chi connectivity index (χ2v) is 7.52. The fourth-order valence-electron chi connectivity index (χ4n) is 3.64. The molecule has 1 aromatic carbocycles. The van der Waals surface area contributed by atoms with Crippen LogP contribution < -0.4 is 16.6 Å². The van der Waals surface area contributed by atoms with Gasteiger partial charge in [0.25, 0.3) is 11.5 Å². The first-order chi connectivity index (χ1) is 14.3. The Morgan fingerprint density at radius 3 is 2.50 bits per heavy atom. The van der Waals surface area contributed by atoms with Crippen LogP contribution in [0.5, 0.6) is 0 Å². The van der Waals surface area contributed by atoms with Gasteiger partial charge >= 0.3 is 5.69 Å². The highest BCUT2D eigenvalue weighted by atomic mass is 16.5. The zero-order valence-corrected chi connectivity index (χ0v) is 17.8. The average molecular weight is 412 g/mol. The number of nitrogens with zero attached hydrogens (tertiary/aromatic N) is 3. The third-order valence-electron chi connectivity index (χ3n) is 5.33. The fraction of sp³-hybridized carbons (Fsp3) is 0.409. The van der Waals surface area contributed by atoms with Crippen LogP contribution in [0.1, 0.15) is 29.4 Å². The molecule has 0 spiro atoms. The monoisotopic (exact) mass is 412 g/mol. The van der Waals surface area contributed by atoms with Gasteiger partial charge in [0, 0.05) is 33.8 Å². The number of hydrogen-bond donors (Lipinski definition) is 1. The molecular weight excluding hydrogens is 384 g/mol. The summed E-state index contributed by atoms with van der Waals surface area (Å²) in [6.07, 6.45) is 1.64. The van der Waals surface area contributed by atoms with E-state index in [0.717, 1.165) is 17.4 Å². The van der Waals surface area contributed by atoms with E-state index in [2.05, 4.69) is 17.4 Å². The Labute approximate surface area is 174 Å². The second-order valence-electron chi connectivity index (χ2n) is 7.52. The summed E-state index contributed by atoms with van der Waals surface area (Å²) < 4.78 is 9.29. The molecule has 30 heavy (non-hydrogen) atoms. The number of carbonyl (C=O) groups excluding carboxylic acids is 1. The molecule has 1 atom stereocenters. The molecule has 8 heteroatoms. The van der Waals surface area contributed by atoms with Crippen molar-refractivity contribution in [1.29, 1.82) is 0 Å². The molecule has 3 rings (SSSR count). The number of amides is 1. The summed E-state index contributed by atoms with van der Waals surface area (Å²) in [6.45, 7) is 2.65. The van der Waals surface area contributed by atoms with Crippen LogP contribution in [0.25, 0.3) is 11.0 Å². The summed E-state index contributed by atoms with van der Waals surface area (Å²) in [7, 11) is 4.59. The Morgan fingerprint density at radius 1 is 1.13 bits per heavy atom. The molecule has 0 aliphatic rings. The molecule has 0 saturated carbocycles. The van der Waals surface area contributed by atoms with Crippen LogP contribution in [-0.4, -0.2) is 39.4 Å². The minimum absolute atomic E-state index is 0.0572. The van der Waals surface area contributed by atoms with Gasteiger partial charge in [0.1, 0.15) is 11.3 Å². The molecule has 2 heterocycles. The van der Waals surface area contributed by atoms with Crippen molar-refractivity contribution >= 4 is 16.9 Å². The van der Waals surface area contributed by atoms with Crippen molar-refractivity contribution in [2.45, 2.75) is 32.4 Å². The standard InChI is InChI=1S/C22H28N4O4/c1-15(10-11-16-8-6-5-7-9-16)23-19(27)18-14-17-20(26(18)12-13-30-4)24(2)22(29)25(3)21(17)28/h5-9,14-15H,10-13H2,1-4H3,(H,23,27)/t15-/m1/s1. The molecule has 0 fully saturated rings. The molecule has 0 bridgehead atoms. The summed E-state index contributed by atoms with van der Waals surface area (Å²) in [5.41, 5.74) is 1.11. The lowest BCUT2D eigenvalue weighted by Gasteiger charge is -2.16. The number of fused-ring (bicyclic) bond motifs is 1. The molecule has 0 aliphatic carbocycles. The SMILES string of the molecule is COCCn1c(C(=O)N[C@H](C)CCc2ccccc2)cc2c(=O)n(C)c(=O)n(C)c21. The molecule has 160 valence electrons. The van der Waals surface area contributed by atoms with Gasteiger partial charge in [0.15, 0.2) is 0 Å². The average Bonchev–Trinajstić information content (AvgIpc) is 3.13. The number of aromatic nitrogens is 3. The van der Waals surface area contributed by atoms with Gasteiger partial charge in [0.2, 0.25) is 0 Å². The number of rotatable bonds is 8. The zero-order valence-electron chi connectivity index (χ0n) is 17.8. The summed E-state index contributed by atoms with van der Waals surface area (Å²) in [6, 6.07) is 11.6. The number of benzene rings is 1. The highest BCUT2D eigenvalue weighted by molar-refractivity contribution is 5.98. The predicted molar refractivity (Wildman–Crippen MR) is 116 cm³/mol. The largest absolute Gasteiger partial charge is 0.383 e. The normalized spacial score (nSPS) is 12.3. The van der Waals surface area contributed by atoms with E-state index in [-0.39, 0.29) is 11.9 Å². The first-order valence-corrected chi connectivity index (χ1v) is 9.98. The molecular formula is C22H28N4O4. The molecule has 8 nitrogen and oxygen atoms in total. The van der Waals surface area contributed by atoms with Gasteiger partial charge in [0.05, 0.1) is 12.0 Å². The maximum atomic E-state index is 13.0. The molecule has 1 N–H and O–H groups in total. The Kier molecular flexibility index (Phi) is 6.56. The number of ether oxygens (including phenoxy) is 1. The van der Waals surface area contributed by atoms with Gasteiger partial charge in [-0.2, -0.15) is 0 Å². The zero-order chi connectivity index (χ0) is 21.8. The van der Waals surface area contributed by atoms with Gasteiger partial charge in [-0.25, -0.2) is 4.79 Å². The van der Waals surface area contributed by atoms with Crippen molar-refractivity contribution in [3.8, 4) is 0 Å². The minimum Gasteiger partial charge on any atom is -0.383 e. The first kappa shape index (κ1) is 21.6. The number of carbonyl (C=O) groups is 1. The van der Waals surface area contributed by atoms with Crippen LogP contribution in [0.15, 0.2) is 46.0 Å². The lowest BCUT2D eigenvalue weighted by Crippen LogP contribution is -2.37. The van der Waals surface area contributed by atoms with Crippen LogP contribution in [-0.2, 0) is 31.8 Å². The van der Waals surface area contributed by atoms with Crippen LogP contribution in [0.2, 0.25) is 0 Å². The maximum absolute atomic E-state index is 13.0. The van der Waals surface area contributed by atoms with E-state index in [4.69, 9.17) is 4.74 Å². The summed E-state index contributed by atoms with van der Waals surface area (Å²) in [5.74, 6) is -0.280. The summed E-state index contributed by atoms with van der Waals surface area (Å²) >= 11 is 0. The van der Waals surface area contributed by atoms with E-state index >= 15 is 0 Å². The van der Waals surface area contributed by atoms with Crippen LogP contribution in [0, 0.1) is 0 Å². The topological polar surface area (TPSA) is 87.3 Å². The van der Waals surface area contributed by atoms with Crippen molar-refractivity contribution in [1.82, 2.24) is 19.0 Å². The van der Waals surface area contributed by atoms with Crippen LogP contribution in [0.3, 0.4) is 0 Å². The minimum atomic E-state index is -0.438. The third kappa shape index (κ3) is 4.23. The fourth-order valence-corrected chi connectivity index (χ4v) is 3.64. The Hall–Kier alpha value is -3.13. The number of nitrogens with one attached hydrogen (secondary N) is 1. The highest BCUT2D eigenvalue weighted by Crippen LogP contribution is 2.16. The van der Waals surface area contributed by atoms with Gasteiger partial charge in [-0.3, -0.25) is 18.7 Å². The van der Waals surface area contributed by atoms with Crippen molar-refractivity contribution in [2.75, 3.05) is 13.7 Å². The van der Waals surface area contributed by atoms with Crippen molar-refractivity contribution < 1.29 is 9.53 Å². The molecule has 0 unspecified atom stereocenters. The number of methoxy groups -OCH3 is 1. The quantitative estimate of drug-likeness (QED) is 0.606. The van der Waals surface area contributed by atoms with E-state index in [1.54, 1.807) is 24.8 Å². The van der Waals surface area contributed by atoms with Crippen molar-refractivity contribution in [3.05, 3.63) is 68.5 Å². The van der Waals surface area contributed by atoms with Gasteiger partial charge in [-0.1, -0.05) is 30.3 Å². The third-order valence-corrected chi connectivity index (χ3v) is 5.33. The van der Waals surface area contributed by atoms with E-state index < -0.39 is 11.2 Å². The Balaban J connectivity index is 1.90. The van der Waals surface area contributed by atoms with E-state index in [9.17, 15) is 14.4 Å². The van der Waals surface area contributed by atoms with Crippen LogP contribution >= 0.6 is 0 Å². The van der Waals surface area contributed by atoms with E-state index in [1.807, 2.05) is 25.1 Å². The maximum Gasteiger partial charge on any atom is 0.332 e. The van der Waals surface area contributed by atoms with E-state index in [1.165, 1.54) is 17.2 Å². The summed E-state index contributed by atoms with van der Waals surface area (Å²) in [5, 5.41) is 3.35. The Morgan fingerprint density at radius 2 is 1.83 bits per heavy atom. The van der Waals surface area contributed by atoms with Crippen LogP contribution in [0.4, 0.5) is 0 Å². The van der Waals surface area contributed by atoms with Gasteiger partial charge < -0.3 is 14.6 Å². The molecule has 0 aliphatic heterocycles. The lowest BCUT2D eigenvalue weighted by molar-refractivity contribution is 0.0926. The number of hydrogen-bond acceptors (Lipinski definition) is 4. The predicted octanol–water partition coefficient (Wildman–Crippen LogP) is 1.44. The molecule has 1 amide bonds. The van der Waals surface area contributed by atoms with Gasteiger partial charge in [-0.05, 0) is 31.4 Å². The Bertz CT molecular complexity index is 1160.